The molecule has 0 radical (unpaired) electrons. The standard InChI is InChI=1S/C26H18ClF9N4O3S/c1-3-38-21-13-17(27)16(26(34,35)36)12-20(21)40(14-24(28,29)30)23(38)6-4-5-22-37(2)18-8-7-15(25(31,32)33)11-19(18)39(22)9-10-44-43-42-41/h4-8,11-13H,3,14H2,1-2H3/p+1. The topological polar surface area (TPSA) is 54.0 Å². The third kappa shape index (κ3) is 6.89. The molecule has 0 fully saturated rings. The Kier molecular flexibility index (Phi) is 9.43. The van der Waals surface area contributed by atoms with Crippen LogP contribution in [-0.4, -0.2) is 29.1 Å². The second kappa shape index (κ2) is 12.4. The van der Waals surface area contributed by atoms with Crippen LogP contribution in [0.5, 0.6) is 0 Å². The number of anilines is 2. The van der Waals surface area contributed by atoms with Crippen molar-refractivity contribution in [3.8, 4) is 11.3 Å². The predicted molar refractivity (Wildman–Crippen MR) is 144 cm³/mol. The number of alkyl halides is 9. The molecule has 0 unspecified atom stereocenters. The van der Waals surface area contributed by atoms with Gasteiger partial charge in [-0.1, -0.05) is 22.7 Å². The minimum atomic E-state index is -4.93. The van der Waals surface area contributed by atoms with E-state index in [0.717, 1.165) is 22.8 Å². The molecular formula is C26H19ClF9N4O3S+. The van der Waals surface area contributed by atoms with Crippen molar-refractivity contribution in [2.75, 3.05) is 22.9 Å². The van der Waals surface area contributed by atoms with E-state index in [1.165, 1.54) is 40.8 Å². The number of benzene rings is 2. The Labute approximate surface area is 252 Å². The van der Waals surface area contributed by atoms with Crippen molar-refractivity contribution in [2.45, 2.75) is 25.5 Å². The van der Waals surface area contributed by atoms with Crippen molar-refractivity contribution in [2.24, 2.45) is 7.05 Å². The van der Waals surface area contributed by atoms with E-state index in [-0.39, 0.29) is 35.1 Å². The zero-order chi connectivity index (χ0) is 32.6. The van der Waals surface area contributed by atoms with Crippen molar-refractivity contribution in [3.63, 3.8) is 0 Å². The summed E-state index contributed by atoms with van der Waals surface area (Å²) in [5.74, 6) is 0.0174. The Morgan fingerprint density at radius 1 is 1.00 bits per heavy atom. The number of fused-ring (bicyclic) bond motifs is 2. The molecule has 3 aromatic rings. The molecule has 44 heavy (non-hydrogen) atoms. The lowest BCUT2D eigenvalue weighted by Gasteiger charge is -2.25. The van der Waals surface area contributed by atoms with Crippen LogP contribution in [0.1, 0.15) is 23.9 Å². The monoisotopic (exact) mass is 673 g/mol. The summed E-state index contributed by atoms with van der Waals surface area (Å²) >= 11 is 6.16. The number of imidazole rings is 1. The van der Waals surface area contributed by atoms with E-state index in [9.17, 15) is 39.5 Å². The highest BCUT2D eigenvalue weighted by atomic mass is 35.5. The second-order valence-corrected chi connectivity index (χ2v) is 9.96. The molecule has 0 saturated heterocycles. The van der Waals surface area contributed by atoms with Gasteiger partial charge in [-0.3, -0.25) is 0 Å². The summed E-state index contributed by atoms with van der Waals surface area (Å²) in [5.41, 5.74) is -2.34. The average molecular weight is 674 g/mol. The van der Waals surface area contributed by atoms with Gasteiger partial charge in [-0.25, -0.2) is 9.82 Å². The molecule has 236 valence electrons. The third-order valence-corrected chi connectivity index (χ3v) is 7.01. The maximum Gasteiger partial charge on any atom is 0.417 e. The van der Waals surface area contributed by atoms with Gasteiger partial charge in [0.25, 0.3) is 5.82 Å². The van der Waals surface area contributed by atoms with Gasteiger partial charge in [0.2, 0.25) is 0 Å². The Morgan fingerprint density at radius 2 is 1.68 bits per heavy atom. The third-order valence-electron chi connectivity index (χ3n) is 6.39. The molecule has 1 aliphatic heterocycles. The molecule has 0 bridgehead atoms. The minimum absolute atomic E-state index is 0.00382. The molecule has 2 aromatic carbocycles. The number of aryl methyl sites for hydroxylation is 1. The van der Waals surface area contributed by atoms with Crippen molar-refractivity contribution in [1.29, 1.82) is 0 Å². The highest BCUT2D eigenvalue weighted by Gasteiger charge is 2.42. The van der Waals surface area contributed by atoms with Crippen LogP contribution in [0.4, 0.5) is 50.9 Å². The summed E-state index contributed by atoms with van der Waals surface area (Å²) in [7, 11) is 1.50. The summed E-state index contributed by atoms with van der Waals surface area (Å²) < 4.78 is 129. The van der Waals surface area contributed by atoms with Crippen LogP contribution in [-0.2, 0) is 28.8 Å². The molecule has 1 N–H and O–H groups in total. The summed E-state index contributed by atoms with van der Waals surface area (Å²) in [5, 5.41) is 13.4. The van der Waals surface area contributed by atoms with Crippen molar-refractivity contribution in [1.82, 2.24) is 4.57 Å². The zero-order valence-corrected chi connectivity index (χ0v) is 23.8. The maximum atomic E-state index is 13.6. The SMILES string of the molecule is CCN1/C(=C\C=C\c2n(C#CSOOO)c3cc(C(F)(F)F)ccc3[n+]2C)N(CC(F)(F)F)c2cc(C(F)(F)F)c(Cl)cc21. The zero-order valence-electron chi connectivity index (χ0n) is 22.3. The number of aromatic nitrogens is 2. The lowest BCUT2D eigenvalue weighted by atomic mass is 10.1. The van der Waals surface area contributed by atoms with Crippen LogP contribution in [0, 0.1) is 11.3 Å². The van der Waals surface area contributed by atoms with Gasteiger partial charge in [0.05, 0.1) is 34.6 Å². The van der Waals surface area contributed by atoms with Gasteiger partial charge in [0, 0.05) is 23.9 Å². The molecule has 4 rings (SSSR count). The first kappa shape index (κ1) is 33.3. The van der Waals surface area contributed by atoms with E-state index < -0.39 is 41.2 Å². The molecule has 0 aliphatic carbocycles. The van der Waals surface area contributed by atoms with E-state index in [4.69, 9.17) is 16.9 Å². The summed E-state index contributed by atoms with van der Waals surface area (Å²) in [6.45, 7) is -0.00285. The lowest BCUT2D eigenvalue weighted by molar-refractivity contribution is -0.647. The van der Waals surface area contributed by atoms with Gasteiger partial charge < -0.3 is 9.80 Å². The van der Waals surface area contributed by atoms with Gasteiger partial charge in [-0.05, 0) is 37.3 Å². The van der Waals surface area contributed by atoms with Crippen molar-refractivity contribution >= 4 is 52.1 Å². The van der Waals surface area contributed by atoms with Gasteiger partial charge >= 0.3 is 18.5 Å². The first-order valence-electron chi connectivity index (χ1n) is 12.1. The van der Waals surface area contributed by atoms with E-state index in [1.807, 2.05) is 0 Å². The predicted octanol–water partition coefficient (Wildman–Crippen LogP) is 7.76. The van der Waals surface area contributed by atoms with Crippen LogP contribution in [0.3, 0.4) is 0 Å². The Balaban J connectivity index is 1.86. The Hall–Kier alpha value is -3.56. The molecule has 0 spiro atoms. The second-order valence-electron chi connectivity index (χ2n) is 9.04. The molecule has 1 aromatic heterocycles. The number of halogens is 10. The van der Waals surface area contributed by atoms with E-state index >= 15 is 0 Å². The number of rotatable bonds is 6. The summed E-state index contributed by atoms with van der Waals surface area (Å²) in [6, 6.07) is 6.93. The lowest BCUT2D eigenvalue weighted by Crippen LogP contribution is -2.35. The van der Waals surface area contributed by atoms with Crippen LogP contribution in [0.25, 0.3) is 17.1 Å². The number of hydrogen-bond acceptors (Lipinski definition) is 6. The van der Waals surface area contributed by atoms with Gasteiger partial charge in [-0.2, -0.15) is 39.5 Å². The summed E-state index contributed by atoms with van der Waals surface area (Å²) in [6.07, 6.45) is -10.6. The first-order valence-corrected chi connectivity index (χ1v) is 13.3. The minimum Gasteiger partial charge on any atom is -0.326 e. The average Bonchev–Trinajstić information content (AvgIpc) is 3.33. The first-order chi connectivity index (χ1) is 20.5. The normalized spacial score (nSPS) is 15.1. The molecular weight excluding hydrogens is 655 g/mol. The number of nitrogens with zero attached hydrogens (tertiary/aromatic N) is 4. The molecule has 18 heteroatoms. The fraction of sp³-hybridized carbons (Fsp3) is 0.269. The fourth-order valence-electron chi connectivity index (χ4n) is 4.63. The van der Waals surface area contributed by atoms with E-state index in [1.54, 1.807) is 6.92 Å². The highest BCUT2D eigenvalue weighted by molar-refractivity contribution is 7.99. The molecule has 0 saturated carbocycles. The van der Waals surface area contributed by atoms with Crippen molar-refractivity contribution < 1.29 is 58.7 Å². The molecule has 7 nitrogen and oxygen atoms in total. The van der Waals surface area contributed by atoms with Gasteiger partial charge in [-0.15, -0.1) is 8.90 Å². The smallest absolute Gasteiger partial charge is 0.326 e. The quantitative estimate of drug-likeness (QED) is 0.0550. The van der Waals surface area contributed by atoms with E-state index in [2.05, 4.69) is 20.7 Å². The number of hydrogen-bond donors (Lipinski definition) is 1. The molecule has 2 heterocycles. The van der Waals surface area contributed by atoms with E-state index in [0.29, 0.717) is 28.5 Å². The van der Waals surface area contributed by atoms with Crippen molar-refractivity contribution in [3.05, 3.63) is 70.3 Å². The molecule has 0 atom stereocenters. The van der Waals surface area contributed by atoms with Crippen LogP contribution in [0.2, 0.25) is 5.02 Å². The molecule has 0 amide bonds. The summed E-state index contributed by atoms with van der Waals surface area (Å²) in [4.78, 5) is 2.01. The molecule has 1 aliphatic rings. The maximum absolute atomic E-state index is 13.6. The van der Waals surface area contributed by atoms with Crippen LogP contribution < -0.4 is 14.4 Å². The van der Waals surface area contributed by atoms with Crippen LogP contribution in [0.15, 0.2) is 48.3 Å². The Morgan fingerprint density at radius 3 is 2.27 bits per heavy atom. The fourth-order valence-corrected chi connectivity index (χ4v) is 5.09. The number of allylic oxidation sites excluding steroid dienone is 2. The van der Waals surface area contributed by atoms with Gasteiger partial charge in [0.15, 0.2) is 11.0 Å². The Bertz CT molecular complexity index is 1690. The van der Waals surface area contributed by atoms with Crippen LogP contribution >= 0.6 is 23.6 Å². The highest BCUT2D eigenvalue weighted by Crippen LogP contribution is 2.48. The largest absolute Gasteiger partial charge is 0.417 e. The van der Waals surface area contributed by atoms with Gasteiger partial charge in [0.1, 0.15) is 30.5 Å².